The zero-order valence-corrected chi connectivity index (χ0v) is 23.6. The maximum atomic E-state index is 13.3. The minimum absolute atomic E-state index is 0.00280. The van der Waals surface area contributed by atoms with Gasteiger partial charge in [0.15, 0.2) is 0 Å². The number of amides is 4. The predicted octanol–water partition coefficient (Wildman–Crippen LogP) is 0.0623. The molecule has 0 radical (unpaired) electrons. The highest BCUT2D eigenvalue weighted by Gasteiger charge is 2.30. The summed E-state index contributed by atoms with van der Waals surface area (Å²) in [6.07, 6.45) is 1.79. The van der Waals surface area contributed by atoms with Gasteiger partial charge in [-0.05, 0) is 54.5 Å². The molecule has 222 valence electrons. The highest BCUT2D eigenvalue weighted by molar-refractivity contribution is 7.98. The quantitative estimate of drug-likeness (QED) is 0.133. The topological polar surface area (TPSA) is 214 Å². The summed E-state index contributed by atoms with van der Waals surface area (Å²) in [6, 6.07) is 10.4. The van der Waals surface area contributed by atoms with Crippen molar-refractivity contribution in [2.45, 2.75) is 56.3 Å². The average molecular weight is 588 g/mol. The molecule has 12 nitrogen and oxygen atoms in total. The van der Waals surface area contributed by atoms with Crippen molar-refractivity contribution in [2.24, 2.45) is 11.5 Å². The van der Waals surface area contributed by atoms with Crippen LogP contribution in [-0.2, 0) is 36.8 Å². The second-order valence-corrected chi connectivity index (χ2v) is 10.5. The first-order valence-corrected chi connectivity index (χ1v) is 14.4. The van der Waals surface area contributed by atoms with E-state index in [0.29, 0.717) is 11.3 Å². The molecule has 2 rings (SSSR count). The second kappa shape index (κ2) is 16.9. The Morgan fingerprint density at radius 3 is 1.88 bits per heavy atom. The lowest BCUT2D eigenvalue weighted by Crippen LogP contribution is -2.57. The highest BCUT2D eigenvalue weighted by atomic mass is 32.2. The van der Waals surface area contributed by atoms with E-state index < -0.39 is 53.8 Å². The summed E-state index contributed by atoms with van der Waals surface area (Å²) in [5.41, 5.74) is 12.7. The maximum Gasteiger partial charge on any atom is 0.326 e. The molecule has 0 aromatic heterocycles. The number of nitrogens with two attached hydrogens (primary N) is 2. The van der Waals surface area contributed by atoms with E-state index in [0.717, 1.165) is 5.56 Å². The molecule has 41 heavy (non-hydrogen) atoms. The number of carbonyl (C=O) groups excluding carboxylic acids is 4. The van der Waals surface area contributed by atoms with Crippen LogP contribution in [0.25, 0.3) is 0 Å². The molecule has 0 fully saturated rings. The van der Waals surface area contributed by atoms with Crippen LogP contribution in [-0.4, -0.2) is 76.0 Å². The minimum Gasteiger partial charge on any atom is -0.508 e. The maximum absolute atomic E-state index is 13.3. The van der Waals surface area contributed by atoms with Gasteiger partial charge >= 0.3 is 5.97 Å². The number of phenolic OH excluding ortho intramolecular Hbond substituents is 1. The molecule has 4 amide bonds. The van der Waals surface area contributed by atoms with Gasteiger partial charge in [0, 0.05) is 12.8 Å². The third-order valence-electron chi connectivity index (χ3n) is 6.18. The van der Waals surface area contributed by atoms with Crippen molar-refractivity contribution in [2.75, 3.05) is 12.0 Å². The Kier molecular flexibility index (Phi) is 13.6. The van der Waals surface area contributed by atoms with Crippen LogP contribution in [0.3, 0.4) is 0 Å². The summed E-state index contributed by atoms with van der Waals surface area (Å²) in [4.78, 5) is 62.5. The van der Waals surface area contributed by atoms with E-state index >= 15 is 0 Å². The average Bonchev–Trinajstić information content (AvgIpc) is 2.93. The van der Waals surface area contributed by atoms with Gasteiger partial charge in [-0.25, -0.2) is 4.79 Å². The van der Waals surface area contributed by atoms with E-state index in [1.54, 1.807) is 0 Å². The van der Waals surface area contributed by atoms with Crippen LogP contribution in [0, 0.1) is 0 Å². The van der Waals surface area contributed by atoms with Crippen LogP contribution < -0.4 is 27.4 Å². The van der Waals surface area contributed by atoms with Gasteiger partial charge < -0.3 is 37.6 Å². The molecule has 0 aliphatic carbocycles. The summed E-state index contributed by atoms with van der Waals surface area (Å²) < 4.78 is 0. The molecule has 0 bridgehead atoms. The van der Waals surface area contributed by atoms with E-state index in [1.165, 1.54) is 36.0 Å². The number of carboxylic acids is 1. The fourth-order valence-corrected chi connectivity index (χ4v) is 4.38. The smallest absolute Gasteiger partial charge is 0.326 e. The zero-order chi connectivity index (χ0) is 30.4. The number of aromatic hydroxyl groups is 1. The molecule has 2 aromatic rings. The van der Waals surface area contributed by atoms with Gasteiger partial charge in [-0.3, -0.25) is 19.2 Å². The number of hydrogen-bond acceptors (Lipinski definition) is 8. The molecule has 4 atom stereocenters. The van der Waals surface area contributed by atoms with Crippen molar-refractivity contribution < 1.29 is 34.2 Å². The van der Waals surface area contributed by atoms with Gasteiger partial charge in [0.05, 0.1) is 6.04 Å². The molecule has 9 N–H and O–H groups in total. The summed E-state index contributed by atoms with van der Waals surface area (Å²) in [5, 5.41) is 26.7. The second-order valence-electron chi connectivity index (χ2n) is 9.48. The van der Waals surface area contributed by atoms with Crippen molar-refractivity contribution in [3.05, 3.63) is 65.7 Å². The lowest BCUT2D eigenvalue weighted by Gasteiger charge is -2.25. The van der Waals surface area contributed by atoms with Gasteiger partial charge in [0.2, 0.25) is 23.6 Å². The molecule has 0 saturated carbocycles. The Labute approximate surface area is 242 Å². The van der Waals surface area contributed by atoms with Crippen LogP contribution in [0.2, 0.25) is 0 Å². The SMILES string of the molecule is CSCCC(NC(=O)C(N)Cc1ccccc1)C(=O)NC(CCC(N)=O)C(=O)NC(Cc1ccc(O)cc1)C(=O)O. The number of hydrogen-bond donors (Lipinski definition) is 7. The number of carboxylic acid groups (broad SMARTS) is 1. The van der Waals surface area contributed by atoms with E-state index in [9.17, 15) is 34.2 Å². The molecule has 13 heteroatoms. The number of thioether (sulfide) groups is 1. The third kappa shape index (κ3) is 11.9. The standard InChI is InChI=1S/C28H37N5O7S/c1-41-14-13-22(31-25(36)20(29)15-17-5-3-2-4-6-17)27(38)32-21(11-12-24(30)35)26(37)33-23(28(39)40)16-18-7-9-19(34)10-8-18/h2-10,20-23,34H,11-16,29H2,1H3,(H2,30,35)(H,31,36)(H,32,38)(H,33,37)(H,39,40). The van der Waals surface area contributed by atoms with Crippen LogP contribution in [0.4, 0.5) is 0 Å². The molecule has 2 aromatic carbocycles. The van der Waals surface area contributed by atoms with Gasteiger partial charge in [0.1, 0.15) is 23.9 Å². The fraction of sp³-hybridized carbons (Fsp3) is 0.393. The number of primary amides is 1. The van der Waals surface area contributed by atoms with Crippen molar-refractivity contribution in [3.8, 4) is 5.75 Å². The molecule has 0 heterocycles. The van der Waals surface area contributed by atoms with Crippen LogP contribution in [0.5, 0.6) is 5.75 Å². The van der Waals surface area contributed by atoms with Crippen molar-refractivity contribution in [1.29, 1.82) is 0 Å². The van der Waals surface area contributed by atoms with Gasteiger partial charge in [-0.1, -0.05) is 42.5 Å². The highest BCUT2D eigenvalue weighted by Crippen LogP contribution is 2.12. The first-order valence-electron chi connectivity index (χ1n) is 13.0. The molecular formula is C28H37N5O7S. The van der Waals surface area contributed by atoms with Crippen molar-refractivity contribution >= 4 is 41.4 Å². The van der Waals surface area contributed by atoms with E-state index in [2.05, 4.69) is 16.0 Å². The summed E-state index contributed by atoms with van der Waals surface area (Å²) in [6.45, 7) is 0. The number of nitrogens with one attached hydrogen (secondary N) is 3. The van der Waals surface area contributed by atoms with Crippen molar-refractivity contribution in [1.82, 2.24) is 16.0 Å². The number of carbonyl (C=O) groups is 5. The molecule has 0 saturated heterocycles. The lowest BCUT2D eigenvalue weighted by molar-refractivity contribution is -0.142. The molecule has 0 aliphatic heterocycles. The predicted molar refractivity (Wildman–Crippen MR) is 155 cm³/mol. The van der Waals surface area contributed by atoms with Crippen LogP contribution >= 0.6 is 11.8 Å². The van der Waals surface area contributed by atoms with Crippen LogP contribution in [0.1, 0.15) is 30.4 Å². The zero-order valence-electron chi connectivity index (χ0n) is 22.7. The number of aliphatic carboxylic acids is 1. The summed E-state index contributed by atoms with van der Waals surface area (Å²) >= 11 is 1.45. The summed E-state index contributed by atoms with van der Waals surface area (Å²) in [5.74, 6) is -3.58. The monoisotopic (exact) mass is 587 g/mol. The Hall–Kier alpha value is -4.10. The Balaban J connectivity index is 2.14. The molecule has 0 spiro atoms. The largest absolute Gasteiger partial charge is 0.508 e. The third-order valence-corrected chi connectivity index (χ3v) is 6.83. The normalized spacial score (nSPS) is 13.7. The Morgan fingerprint density at radius 1 is 0.780 bits per heavy atom. The van der Waals surface area contributed by atoms with Gasteiger partial charge in [0.25, 0.3) is 0 Å². The summed E-state index contributed by atoms with van der Waals surface area (Å²) in [7, 11) is 0. The Morgan fingerprint density at radius 2 is 1.32 bits per heavy atom. The van der Waals surface area contributed by atoms with E-state index in [-0.39, 0.29) is 37.9 Å². The molecule has 0 aliphatic rings. The number of benzene rings is 2. The van der Waals surface area contributed by atoms with Gasteiger partial charge in [-0.15, -0.1) is 0 Å². The number of phenols is 1. The lowest BCUT2D eigenvalue weighted by atomic mass is 10.0. The first-order chi connectivity index (χ1) is 19.5. The molecular weight excluding hydrogens is 550 g/mol. The number of rotatable bonds is 17. The van der Waals surface area contributed by atoms with E-state index in [1.807, 2.05) is 36.6 Å². The van der Waals surface area contributed by atoms with E-state index in [4.69, 9.17) is 11.5 Å². The van der Waals surface area contributed by atoms with Gasteiger partial charge in [-0.2, -0.15) is 11.8 Å². The first kappa shape index (κ1) is 33.1. The fourth-order valence-electron chi connectivity index (χ4n) is 3.91. The molecule has 4 unspecified atom stereocenters. The van der Waals surface area contributed by atoms with Crippen molar-refractivity contribution in [3.63, 3.8) is 0 Å². The minimum atomic E-state index is -1.36. The Bertz CT molecular complexity index is 1180. The van der Waals surface area contributed by atoms with Crippen LogP contribution in [0.15, 0.2) is 54.6 Å².